The van der Waals surface area contributed by atoms with Crippen molar-refractivity contribution < 1.29 is 9.59 Å². The highest BCUT2D eigenvalue weighted by Gasteiger charge is 2.56. The quantitative estimate of drug-likeness (QED) is 0.838. The highest BCUT2D eigenvalue weighted by atomic mass is 35.5. The second-order valence-electron chi connectivity index (χ2n) is 4.38. The Balaban J connectivity index is 2.04. The van der Waals surface area contributed by atoms with Gasteiger partial charge in [0.1, 0.15) is 4.33 Å². The molecular weight excluding hydrogens is 311 g/mol. The minimum absolute atomic E-state index is 0.217. The van der Waals surface area contributed by atoms with Crippen LogP contribution in [0.2, 0.25) is 5.02 Å². The summed E-state index contributed by atoms with van der Waals surface area (Å²) < 4.78 is -0.954. The number of carbonyl (C=O) groups excluding carboxylic acids is 2. The lowest BCUT2D eigenvalue weighted by Gasteiger charge is -2.09. The van der Waals surface area contributed by atoms with Crippen molar-refractivity contribution in [3.05, 3.63) is 23.2 Å². The Bertz CT molecular complexity index is 546. The maximum absolute atomic E-state index is 11.8. The first kappa shape index (κ1) is 14.4. The number of halogens is 3. The molecule has 2 amide bonds. The van der Waals surface area contributed by atoms with E-state index < -0.39 is 10.3 Å². The van der Waals surface area contributed by atoms with E-state index in [-0.39, 0.29) is 11.8 Å². The van der Waals surface area contributed by atoms with Crippen molar-refractivity contribution in [2.24, 2.45) is 5.92 Å². The van der Waals surface area contributed by atoms with E-state index in [1.54, 1.807) is 18.2 Å². The molecule has 7 heteroatoms. The van der Waals surface area contributed by atoms with Crippen LogP contribution in [0.15, 0.2) is 18.2 Å². The van der Waals surface area contributed by atoms with Crippen LogP contribution < -0.4 is 10.6 Å². The molecule has 102 valence electrons. The van der Waals surface area contributed by atoms with E-state index in [9.17, 15) is 9.59 Å². The topological polar surface area (TPSA) is 58.2 Å². The van der Waals surface area contributed by atoms with Gasteiger partial charge in [-0.1, -0.05) is 11.6 Å². The van der Waals surface area contributed by atoms with E-state index >= 15 is 0 Å². The van der Waals surface area contributed by atoms with Gasteiger partial charge in [0.25, 0.3) is 0 Å². The van der Waals surface area contributed by atoms with Gasteiger partial charge in [-0.2, -0.15) is 0 Å². The molecule has 19 heavy (non-hydrogen) atoms. The molecule has 1 atom stereocenters. The number of anilines is 2. The molecule has 4 nitrogen and oxygen atoms in total. The van der Waals surface area contributed by atoms with Gasteiger partial charge in [-0.25, -0.2) is 0 Å². The number of amides is 2. The van der Waals surface area contributed by atoms with Gasteiger partial charge < -0.3 is 10.6 Å². The van der Waals surface area contributed by atoms with Crippen LogP contribution in [0.4, 0.5) is 11.4 Å². The molecule has 2 N–H and O–H groups in total. The Labute approximate surface area is 125 Å². The molecule has 1 aliphatic carbocycles. The molecule has 0 aliphatic heterocycles. The van der Waals surface area contributed by atoms with Crippen molar-refractivity contribution in [1.82, 2.24) is 0 Å². The van der Waals surface area contributed by atoms with Crippen molar-refractivity contribution in [3.8, 4) is 0 Å². The zero-order valence-electron chi connectivity index (χ0n) is 9.97. The molecule has 0 saturated heterocycles. The van der Waals surface area contributed by atoms with Gasteiger partial charge in [-0.15, -0.1) is 23.2 Å². The molecule has 0 bridgehead atoms. The van der Waals surface area contributed by atoms with E-state index in [4.69, 9.17) is 34.8 Å². The number of alkyl halides is 2. The largest absolute Gasteiger partial charge is 0.326 e. The van der Waals surface area contributed by atoms with E-state index in [0.29, 0.717) is 22.8 Å². The van der Waals surface area contributed by atoms with Crippen LogP contribution >= 0.6 is 34.8 Å². The van der Waals surface area contributed by atoms with E-state index in [1.807, 2.05) is 0 Å². The Morgan fingerprint density at radius 3 is 2.42 bits per heavy atom. The molecule has 1 aliphatic rings. The molecule has 1 fully saturated rings. The number of benzene rings is 1. The van der Waals surface area contributed by atoms with Crippen LogP contribution in [0.3, 0.4) is 0 Å². The van der Waals surface area contributed by atoms with Gasteiger partial charge >= 0.3 is 0 Å². The smallest absolute Gasteiger partial charge is 0.230 e. The molecule has 0 heterocycles. The number of carbonyl (C=O) groups is 2. The molecule has 1 saturated carbocycles. The zero-order chi connectivity index (χ0) is 14.2. The summed E-state index contributed by atoms with van der Waals surface area (Å²) in [7, 11) is 0. The lowest BCUT2D eigenvalue weighted by Crippen LogP contribution is -2.17. The summed E-state index contributed by atoms with van der Waals surface area (Å²) in [4.78, 5) is 22.7. The lowest BCUT2D eigenvalue weighted by molar-refractivity contribution is -0.117. The van der Waals surface area contributed by atoms with Crippen LogP contribution in [0, 0.1) is 5.92 Å². The van der Waals surface area contributed by atoms with Gasteiger partial charge in [0.15, 0.2) is 0 Å². The zero-order valence-corrected chi connectivity index (χ0v) is 12.2. The molecule has 0 aromatic heterocycles. The number of hydrogen-bond acceptors (Lipinski definition) is 2. The Morgan fingerprint density at radius 2 is 1.95 bits per heavy atom. The summed E-state index contributed by atoms with van der Waals surface area (Å²) in [6.45, 7) is 1.39. The predicted octanol–water partition coefficient (Wildman–Crippen LogP) is 3.43. The highest BCUT2D eigenvalue weighted by molar-refractivity contribution is 6.52. The van der Waals surface area contributed by atoms with Gasteiger partial charge in [-0.05, 0) is 24.6 Å². The van der Waals surface area contributed by atoms with E-state index in [0.717, 1.165) is 0 Å². The minimum atomic E-state index is -0.954. The first-order chi connectivity index (χ1) is 8.79. The molecule has 1 aromatic rings. The van der Waals surface area contributed by atoms with E-state index in [1.165, 1.54) is 6.92 Å². The minimum Gasteiger partial charge on any atom is -0.326 e. The van der Waals surface area contributed by atoms with Gasteiger partial charge in [0.2, 0.25) is 11.8 Å². The highest BCUT2D eigenvalue weighted by Crippen LogP contribution is 2.53. The second kappa shape index (κ2) is 5.19. The average Bonchev–Trinajstić information content (AvgIpc) is 2.91. The van der Waals surface area contributed by atoms with Crippen molar-refractivity contribution in [2.75, 3.05) is 10.6 Å². The summed E-state index contributed by atoms with van der Waals surface area (Å²) in [6, 6.07) is 4.81. The molecule has 1 unspecified atom stereocenters. The Kier molecular flexibility index (Phi) is 3.95. The lowest BCUT2D eigenvalue weighted by atomic mass is 10.2. The Hall–Kier alpha value is -0.970. The van der Waals surface area contributed by atoms with Crippen molar-refractivity contribution in [3.63, 3.8) is 0 Å². The second-order valence-corrected chi connectivity index (χ2v) is 6.33. The predicted molar refractivity (Wildman–Crippen MR) is 76.9 cm³/mol. The number of rotatable bonds is 3. The molecule has 1 aromatic carbocycles. The number of nitrogens with one attached hydrogen (secondary N) is 2. The fraction of sp³-hybridized carbons (Fsp3) is 0.333. The van der Waals surface area contributed by atoms with Crippen LogP contribution in [0.5, 0.6) is 0 Å². The molecule has 0 spiro atoms. The van der Waals surface area contributed by atoms with Crippen molar-refractivity contribution in [2.45, 2.75) is 17.7 Å². The third-order valence-corrected chi connectivity index (χ3v) is 3.84. The maximum Gasteiger partial charge on any atom is 0.230 e. The third kappa shape index (κ3) is 3.53. The first-order valence-electron chi connectivity index (χ1n) is 5.55. The third-order valence-electron chi connectivity index (χ3n) is 2.69. The molecular formula is C12H11Cl3N2O2. The monoisotopic (exact) mass is 320 g/mol. The summed E-state index contributed by atoms with van der Waals surface area (Å²) >= 11 is 17.6. The standard InChI is InChI=1S/C12H11Cl3N2O2/c1-6(18)16-10-3-2-7(4-9(10)13)17-11(19)8-5-12(8,14)15/h2-4,8H,5H2,1H3,(H,16,18)(H,17,19). The summed E-state index contributed by atoms with van der Waals surface area (Å²) in [5, 5.41) is 5.59. The summed E-state index contributed by atoms with van der Waals surface area (Å²) in [5.74, 6) is -0.858. The van der Waals surface area contributed by atoms with E-state index in [2.05, 4.69) is 10.6 Å². The summed E-state index contributed by atoms with van der Waals surface area (Å²) in [6.07, 6.45) is 0.444. The summed E-state index contributed by atoms with van der Waals surface area (Å²) in [5.41, 5.74) is 1.02. The van der Waals surface area contributed by atoms with Gasteiger partial charge in [0.05, 0.1) is 16.6 Å². The van der Waals surface area contributed by atoms with Crippen LogP contribution in [0.25, 0.3) is 0 Å². The van der Waals surface area contributed by atoms with Gasteiger partial charge in [0, 0.05) is 12.6 Å². The Morgan fingerprint density at radius 1 is 1.32 bits per heavy atom. The first-order valence-corrected chi connectivity index (χ1v) is 6.69. The van der Waals surface area contributed by atoms with Crippen LogP contribution in [-0.2, 0) is 9.59 Å². The fourth-order valence-corrected chi connectivity index (χ4v) is 2.35. The normalized spacial score (nSPS) is 19.7. The molecule has 0 radical (unpaired) electrons. The van der Waals surface area contributed by atoms with Crippen LogP contribution in [0.1, 0.15) is 13.3 Å². The maximum atomic E-state index is 11.8. The number of hydrogen-bond donors (Lipinski definition) is 2. The fourth-order valence-electron chi connectivity index (χ4n) is 1.61. The average molecular weight is 322 g/mol. The SMILES string of the molecule is CC(=O)Nc1ccc(NC(=O)C2CC2(Cl)Cl)cc1Cl. The molecule has 2 rings (SSSR count). The van der Waals surface area contributed by atoms with Crippen molar-refractivity contribution >= 4 is 58.0 Å². The van der Waals surface area contributed by atoms with Crippen molar-refractivity contribution in [1.29, 1.82) is 0 Å². The van der Waals surface area contributed by atoms with Crippen LogP contribution in [-0.4, -0.2) is 16.1 Å². The van der Waals surface area contributed by atoms with Gasteiger partial charge in [-0.3, -0.25) is 9.59 Å².